The molecule has 0 bridgehead atoms. The fourth-order valence-electron chi connectivity index (χ4n) is 3.19. The molecule has 24 heavy (non-hydrogen) atoms. The smallest absolute Gasteiger partial charge is 0.0459 e. The Morgan fingerprint density at radius 2 is 1.88 bits per heavy atom. The molecule has 1 aliphatic rings. The molecular formula is C21H33N3. The summed E-state index contributed by atoms with van der Waals surface area (Å²) in [4.78, 5) is 8.32. The van der Waals surface area contributed by atoms with Gasteiger partial charge >= 0.3 is 0 Å². The number of likely N-dealkylation sites (N-methyl/N-ethyl adjacent to an activating group) is 1. The minimum absolute atomic E-state index is 0.724. The molecule has 0 unspecified atom stereocenters. The van der Waals surface area contributed by atoms with Crippen LogP contribution in [0.4, 0.5) is 0 Å². The Morgan fingerprint density at radius 1 is 1.12 bits per heavy atom. The van der Waals surface area contributed by atoms with E-state index in [1.807, 2.05) is 6.08 Å². The van der Waals surface area contributed by atoms with Crippen LogP contribution in [0.25, 0.3) is 17.0 Å². The second kappa shape index (κ2) is 8.50. The van der Waals surface area contributed by atoms with E-state index in [-0.39, 0.29) is 0 Å². The van der Waals surface area contributed by atoms with Crippen LogP contribution in [0.2, 0.25) is 0 Å². The quantitative estimate of drug-likeness (QED) is 0.880. The van der Waals surface area contributed by atoms with Crippen LogP contribution < -0.4 is 0 Å². The Balaban J connectivity index is 0.000000177. The fourth-order valence-corrected chi connectivity index (χ4v) is 3.19. The van der Waals surface area contributed by atoms with Crippen molar-refractivity contribution in [3.8, 4) is 0 Å². The molecule has 1 aliphatic heterocycles. The molecule has 3 nitrogen and oxygen atoms in total. The lowest BCUT2D eigenvalue weighted by atomic mass is 10.1. The molecule has 2 heterocycles. The molecule has 3 heteroatoms. The fraction of sp³-hybridized carbons (Fsp3) is 0.524. The van der Waals surface area contributed by atoms with Crippen LogP contribution in [0, 0.1) is 13.8 Å². The third-order valence-corrected chi connectivity index (χ3v) is 5.05. The van der Waals surface area contributed by atoms with Gasteiger partial charge in [-0.15, -0.1) is 0 Å². The van der Waals surface area contributed by atoms with E-state index in [1.54, 1.807) is 0 Å². The maximum absolute atomic E-state index is 3.76. The Hall–Kier alpha value is -1.58. The zero-order valence-corrected chi connectivity index (χ0v) is 16.0. The van der Waals surface area contributed by atoms with Crippen molar-refractivity contribution in [3.63, 3.8) is 0 Å². The van der Waals surface area contributed by atoms with E-state index in [0.717, 1.165) is 6.04 Å². The second-order valence-corrected chi connectivity index (χ2v) is 7.17. The molecule has 3 rings (SSSR count). The van der Waals surface area contributed by atoms with E-state index in [2.05, 4.69) is 74.3 Å². The lowest BCUT2D eigenvalue weighted by molar-refractivity contribution is 0.228. The Kier molecular flexibility index (Phi) is 6.64. The van der Waals surface area contributed by atoms with Gasteiger partial charge in [0.1, 0.15) is 0 Å². The minimum atomic E-state index is 0.724. The van der Waals surface area contributed by atoms with Gasteiger partial charge < -0.3 is 9.88 Å². The summed E-state index contributed by atoms with van der Waals surface area (Å²) >= 11 is 0. The molecule has 0 atom stereocenters. The van der Waals surface area contributed by atoms with E-state index in [9.17, 15) is 0 Å². The van der Waals surface area contributed by atoms with Gasteiger partial charge in [0, 0.05) is 35.7 Å². The number of hydrogen-bond acceptors (Lipinski definition) is 2. The molecule has 0 amide bonds. The van der Waals surface area contributed by atoms with Crippen LogP contribution in [0.5, 0.6) is 0 Å². The van der Waals surface area contributed by atoms with E-state index in [0.29, 0.717) is 0 Å². The number of nitrogens with zero attached hydrogens (tertiary/aromatic N) is 2. The SMILES string of the molecule is C=Cc1ccc2[nH]c(C)c(C)c2c1.CC(C)N1CCCN(C)CC1. The first-order chi connectivity index (χ1) is 11.4. The molecule has 0 saturated carbocycles. The molecule has 2 aromatic rings. The maximum atomic E-state index is 3.76. The highest BCUT2D eigenvalue weighted by molar-refractivity contribution is 5.86. The first-order valence-corrected chi connectivity index (χ1v) is 9.06. The van der Waals surface area contributed by atoms with Crippen molar-refractivity contribution < 1.29 is 0 Å². The number of nitrogens with one attached hydrogen (secondary N) is 1. The van der Waals surface area contributed by atoms with Crippen molar-refractivity contribution in [2.75, 3.05) is 33.2 Å². The Bertz CT molecular complexity index is 669. The van der Waals surface area contributed by atoms with Gasteiger partial charge in [-0.25, -0.2) is 0 Å². The molecule has 1 N–H and O–H groups in total. The van der Waals surface area contributed by atoms with Crippen molar-refractivity contribution in [1.29, 1.82) is 0 Å². The number of fused-ring (bicyclic) bond motifs is 1. The molecule has 1 fully saturated rings. The number of aryl methyl sites for hydroxylation is 2. The summed E-state index contributed by atoms with van der Waals surface area (Å²) in [6.45, 7) is 17.6. The number of rotatable bonds is 2. The van der Waals surface area contributed by atoms with Gasteiger partial charge in [0.2, 0.25) is 0 Å². The monoisotopic (exact) mass is 327 g/mol. The molecule has 1 aromatic carbocycles. The second-order valence-electron chi connectivity index (χ2n) is 7.17. The lowest BCUT2D eigenvalue weighted by Gasteiger charge is -2.23. The first kappa shape index (κ1) is 18.8. The minimum Gasteiger partial charge on any atom is -0.358 e. The van der Waals surface area contributed by atoms with E-state index < -0.39 is 0 Å². The van der Waals surface area contributed by atoms with E-state index >= 15 is 0 Å². The Labute approximate surface area is 147 Å². The molecular weight excluding hydrogens is 294 g/mol. The molecule has 0 aliphatic carbocycles. The average molecular weight is 328 g/mol. The van der Waals surface area contributed by atoms with Crippen LogP contribution in [0.3, 0.4) is 0 Å². The number of hydrogen-bond donors (Lipinski definition) is 1. The van der Waals surface area contributed by atoms with Crippen LogP contribution >= 0.6 is 0 Å². The predicted molar refractivity (Wildman–Crippen MR) is 107 cm³/mol. The number of H-pyrrole nitrogens is 1. The normalized spacial score (nSPS) is 16.8. The summed E-state index contributed by atoms with van der Waals surface area (Å²) in [5.41, 5.74) is 4.96. The van der Waals surface area contributed by atoms with Gasteiger partial charge in [0.25, 0.3) is 0 Å². The van der Waals surface area contributed by atoms with Gasteiger partial charge in [-0.3, -0.25) is 4.90 Å². The molecule has 1 aromatic heterocycles. The zero-order valence-electron chi connectivity index (χ0n) is 16.0. The largest absolute Gasteiger partial charge is 0.358 e. The topological polar surface area (TPSA) is 22.3 Å². The highest BCUT2D eigenvalue weighted by Crippen LogP contribution is 2.22. The van der Waals surface area contributed by atoms with Crippen molar-refractivity contribution in [3.05, 3.63) is 41.6 Å². The molecule has 0 radical (unpaired) electrons. The van der Waals surface area contributed by atoms with E-state index in [4.69, 9.17) is 0 Å². The average Bonchev–Trinajstić information content (AvgIpc) is 2.73. The van der Waals surface area contributed by atoms with Crippen LogP contribution in [0.15, 0.2) is 24.8 Å². The predicted octanol–water partition coefficient (Wildman–Crippen LogP) is 4.46. The third kappa shape index (κ3) is 4.71. The highest BCUT2D eigenvalue weighted by atomic mass is 15.2. The molecule has 132 valence electrons. The zero-order chi connectivity index (χ0) is 17.7. The van der Waals surface area contributed by atoms with Crippen molar-refractivity contribution in [2.24, 2.45) is 0 Å². The summed E-state index contributed by atoms with van der Waals surface area (Å²) in [7, 11) is 2.21. The van der Waals surface area contributed by atoms with Crippen LogP contribution in [-0.2, 0) is 0 Å². The number of aromatic nitrogens is 1. The molecule has 1 saturated heterocycles. The Morgan fingerprint density at radius 3 is 2.54 bits per heavy atom. The van der Waals surface area contributed by atoms with Gasteiger partial charge in [-0.1, -0.05) is 18.7 Å². The maximum Gasteiger partial charge on any atom is 0.0459 e. The van der Waals surface area contributed by atoms with E-state index in [1.165, 1.54) is 60.3 Å². The van der Waals surface area contributed by atoms with Crippen molar-refractivity contribution >= 4 is 17.0 Å². The van der Waals surface area contributed by atoms with Gasteiger partial charge in [-0.2, -0.15) is 0 Å². The summed E-state index contributed by atoms with van der Waals surface area (Å²) < 4.78 is 0. The first-order valence-electron chi connectivity index (χ1n) is 9.06. The highest BCUT2D eigenvalue weighted by Gasteiger charge is 2.13. The van der Waals surface area contributed by atoms with Crippen LogP contribution in [-0.4, -0.2) is 54.1 Å². The van der Waals surface area contributed by atoms with Gasteiger partial charge in [-0.05, 0) is 77.5 Å². The van der Waals surface area contributed by atoms with Crippen molar-refractivity contribution in [2.45, 2.75) is 40.2 Å². The van der Waals surface area contributed by atoms with Crippen LogP contribution in [0.1, 0.15) is 37.1 Å². The standard InChI is InChI=1S/C12H13N.C9H20N2/c1-4-10-5-6-12-11(7-10)8(2)9(3)13-12;1-9(2)11-6-4-5-10(3)7-8-11/h4-7,13H,1H2,2-3H3;9H,4-8H2,1-3H3. The summed E-state index contributed by atoms with van der Waals surface area (Å²) in [6.07, 6.45) is 3.20. The number of benzene rings is 1. The molecule has 0 spiro atoms. The summed E-state index contributed by atoms with van der Waals surface area (Å²) in [5.74, 6) is 0. The number of aromatic amines is 1. The third-order valence-electron chi connectivity index (χ3n) is 5.05. The summed E-state index contributed by atoms with van der Waals surface area (Å²) in [5, 5.41) is 1.30. The van der Waals surface area contributed by atoms with Gasteiger partial charge in [0.15, 0.2) is 0 Å². The van der Waals surface area contributed by atoms with Gasteiger partial charge in [0.05, 0.1) is 0 Å². The summed E-state index contributed by atoms with van der Waals surface area (Å²) in [6, 6.07) is 7.07. The lowest BCUT2D eigenvalue weighted by Crippen LogP contribution is -2.34. The van der Waals surface area contributed by atoms with Crippen molar-refractivity contribution in [1.82, 2.24) is 14.8 Å².